The van der Waals surface area contributed by atoms with Gasteiger partial charge >= 0.3 is 0 Å². The first-order valence-corrected chi connectivity index (χ1v) is 5.51. The van der Waals surface area contributed by atoms with Crippen LogP contribution in [0.5, 0.6) is 0 Å². The highest BCUT2D eigenvalue weighted by molar-refractivity contribution is 7.16. The van der Waals surface area contributed by atoms with Crippen molar-refractivity contribution in [2.75, 3.05) is 19.0 Å². The van der Waals surface area contributed by atoms with Gasteiger partial charge in [-0.2, -0.15) is 5.26 Å². The number of thiophene rings is 1. The Labute approximate surface area is 89.8 Å². The largest absolute Gasteiger partial charge is 0.368 e. The molecule has 1 aromatic rings. The van der Waals surface area contributed by atoms with Crippen molar-refractivity contribution in [3.63, 3.8) is 0 Å². The van der Waals surface area contributed by atoms with Gasteiger partial charge in [0.25, 0.3) is 0 Å². The van der Waals surface area contributed by atoms with E-state index in [2.05, 4.69) is 26.8 Å². The van der Waals surface area contributed by atoms with Gasteiger partial charge < -0.3 is 4.90 Å². The van der Waals surface area contributed by atoms with Crippen molar-refractivity contribution in [3.05, 3.63) is 16.0 Å². The molecule has 76 valence electrons. The molecule has 0 saturated carbocycles. The highest BCUT2D eigenvalue weighted by atomic mass is 32.1. The summed E-state index contributed by atoms with van der Waals surface area (Å²) < 4.78 is 0. The molecular weight excluding hydrogens is 192 g/mol. The van der Waals surface area contributed by atoms with Gasteiger partial charge in [0.2, 0.25) is 0 Å². The Kier molecular flexibility index (Phi) is 3.17. The zero-order valence-electron chi connectivity index (χ0n) is 9.38. The van der Waals surface area contributed by atoms with Crippen LogP contribution in [0.1, 0.15) is 35.8 Å². The van der Waals surface area contributed by atoms with E-state index in [9.17, 15) is 0 Å². The van der Waals surface area contributed by atoms with Crippen molar-refractivity contribution in [1.29, 1.82) is 5.26 Å². The van der Waals surface area contributed by atoms with E-state index in [0.717, 1.165) is 10.6 Å². The van der Waals surface area contributed by atoms with Crippen molar-refractivity contribution in [3.8, 4) is 6.07 Å². The highest BCUT2D eigenvalue weighted by Gasteiger charge is 2.18. The minimum atomic E-state index is 0.426. The second kappa shape index (κ2) is 4.02. The lowest BCUT2D eigenvalue weighted by molar-refractivity contribution is 0.860. The Morgan fingerprint density at radius 2 is 1.93 bits per heavy atom. The number of rotatable bonds is 2. The monoisotopic (exact) mass is 208 g/mol. The predicted octanol–water partition coefficient (Wildman–Crippen LogP) is 3.12. The Balaban J connectivity index is 3.38. The molecule has 0 bridgehead atoms. The molecule has 1 rings (SSSR count). The van der Waals surface area contributed by atoms with E-state index in [-0.39, 0.29) is 0 Å². The number of hydrogen-bond acceptors (Lipinski definition) is 3. The molecule has 0 aliphatic heterocycles. The first kappa shape index (κ1) is 11.1. The maximum absolute atomic E-state index is 9.14. The van der Waals surface area contributed by atoms with E-state index in [1.54, 1.807) is 11.3 Å². The molecule has 0 fully saturated rings. The van der Waals surface area contributed by atoms with Crippen LogP contribution in [-0.4, -0.2) is 14.1 Å². The molecule has 14 heavy (non-hydrogen) atoms. The van der Waals surface area contributed by atoms with E-state index < -0.39 is 0 Å². The quantitative estimate of drug-likeness (QED) is 0.746. The van der Waals surface area contributed by atoms with Gasteiger partial charge in [0.1, 0.15) is 11.1 Å². The summed E-state index contributed by atoms with van der Waals surface area (Å²) in [6, 6.07) is 2.32. The number of anilines is 1. The van der Waals surface area contributed by atoms with Gasteiger partial charge in [-0.3, -0.25) is 0 Å². The van der Waals surface area contributed by atoms with E-state index in [0.29, 0.717) is 5.92 Å². The average Bonchev–Trinajstić information content (AvgIpc) is 2.41. The van der Waals surface area contributed by atoms with Crippen LogP contribution in [-0.2, 0) is 0 Å². The van der Waals surface area contributed by atoms with Crippen LogP contribution in [0, 0.1) is 18.3 Å². The summed E-state index contributed by atoms with van der Waals surface area (Å²) in [5.74, 6) is 0.426. The van der Waals surface area contributed by atoms with Gasteiger partial charge in [0.05, 0.1) is 5.56 Å². The molecule has 0 unspecified atom stereocenters. The summed E-state index contributed by atoms with van der Waals surface area (Å²) >= 11 is 1.71. The van der Waals surface area contributed by atoms with Crippen LogP contribution >= 0.6 is 11.3 Å². The fourth-order valence-corrected chi connectivity index (χ4v) is 2.84. The summed E-state index contributed by atoms with van der Waals surface area (Å²) in [6.07, 6.45) is 0. The molecule has 0 radical (unpaired) electrons. The predicted molar refractivity (Wildman–Crippen MR) is 62.2 cm³/mol. The molecule has 0 N–H and O–H groups in total. The SMILES string of the molecule is Cc1sc(N(C)C)c(C#N)c1C(C)C. The lowest BCUT2D eigenvalue weighted by Gasteiger charge is -2.10. The Bertz CT molecular complexity index is 369. The molecular formula is C11H16N2S. The van der Waals surface area contributed by atoms with Crippen molar-refractivity contribution in [1.82, 2.24) is 0 Å². The van der Waals surface area contributed by atoms with E-state index in [1.807, 2.05) is 19.0 Å². The molecule has 2 nitrogen and oxygen atoms in total. The zero-order chi connectivity index (χ0) is 10.9. The van der Waals surface area contributed by atoms with Gasteiger partial charge in [-0.15, -0.1) is 11.3 Å². The minimum absolute atomic E-state index is 0.426. The minimum Gasteiger partial charge on any atom is -0.368 e. The van der Waals surface area contributed by atoms with Crippen LogP contribution in [0.25, 0.3) is 0 Å². The standard InChI is InChI=1S/C11H16N2S/c1-7(2)10-8(3)14-11(13(4)5)9(10)6-12/h7H,1-5H3. The lowest BCUT2D eigenvalue weighted by Crippen LogP contribution is -2.08. The van der Waals surface area contributed by atoms with E-state index in [1.165, 1.54) is 10.4 Å². The summed E-state index contributed by atoms with van der Waals surface area (Å²) in [5, 5.41) is 10.2. The molecule has 0 amide bonds. The second-order valence-electron chi connectivity index (χ2n) is 3.91. The topological polar surface area (TPSA) is 27.0 Å². The summed E-state index contributed by atoms with van der Waals surface area (Å²) in [7, 11) is 3.96. The molecule has 1 aromatic heterocycles. The molecule has 0 saturated heterocycles. The van der Waals surface area contributed by atoms with Gasteiger partial charge in [-0.25, -0.2) is 0 Å². The van der Waals surface area contributed by atoms with Gasteiger partial charge in [-0.05, 0) is 18.4 Å². The van der Waals surface area contributed by atoms with Gasteiger partial charge in [0.15, 0.2) is 0 Å². The van der Waals surface area contributed by atoms with Crippen LogP contribution in [0.4, 0.5) is 5.00 Å². The molecule has 0 aromatic carbocycles. The van der Waals surface area contributed by atoms with Crippen LogP contribution in [0.3, 0.4) is 0 Å². The van der Waals surface area contributed by atoms with Crippen LogP contribution in [0.2, 0.25) is 0 Å². The molecule has 0 aliphatic rings. The Morgan fingerprint density at radius 1 is 1.36 bits per heavy atom. The molecule has 0 spiro atoms. The zero-order valence-corrected chi connectivity index (χ0v) is 10.2. The van der Waals surface area contributed by atoms with Crippen LogP contribution in [0.15, 0.2) is 0 Å². The third-order valence-corrected chi connectivity index (χ3v) is 3.50. The third kappa shape index (κ3) is 1.76. The number of hydrogen-bond donors (Lipinski definition) is 0. The molecule has 0 aliphatic carbocycles. The first-order chi connectivity index (χ1) is 6.49. The average molecular weight is 208 g/mol. The summed E-state index contributed by atoms with van der Waals surface area (Å²) in [6.45, 7) is 6.36. The Morgan fingerprint density at radius 3 is 2.29 bits per heavy atom. The lowest BCUT2D eigenvalue weighted by atomic mass is 10.00. The van der Waals surface area contributed by atoms with Crippen molar-refractivity contribution in [2.24, 2.45) is 0 Å². The smallest absolute Gasteiger partial charge is 0.109 e. The first-order valence-electron chi connectivity index (χ1n) is 4.69. The summed E-state index contributed by atoms with van der Waals surface area (Å²) in [4.78, 5) is 3.28. The van der Waals surface area contributed by atoms with Crippen molar-refractivity contribution < 1.29 is 0 Å². The molecule has 3 heteroatoms. The van der Waals surface area contributed by atoms with E-state index >= 15 is 0 Å². The summed E-state index contributed by atoms with van der Waals surface area (Å²) in [5.41, 5.74) is 2.06. The molecule has 0 atom stereocenters. The number of nitriles is 1. The second-order valence-corrected chi connectivity index (χ2v) is 5.12. The van der Waals surface area contributed by atoms with Crippen LogP contribution < -0.4 is 4.90 Å². The van der Waals surface area contributed by atoms with E-state index in [4.69, 9.17) is 5.26 Å². The van der Waals surface area contributed by atoms with Gasteiger partial charge in [0, 0.05) is 19.0 Å². The number of aryl methyl sites for hydroxylation is 1. The maximum atomic E-state index is 9.14. The third-order valence-electron chi connectivity index (χ3n) is 2.21. The Hall–Kier alpha value is -1.01. The highest BCUT2D eigenvalue weighted by Crippen LogP contribution is 2.37. The van der Waals surface area contributed by atoms with Crippen molar-refractivity contribution in [2.45, 2.75) is 26.7 Å². The maximum Gasteiger partial charge on any atom is 0.109 e. The fraction of sp³-hybridized carbons (Fsp3) is 0.545. The van der Waals surface area contributed by atoms with Gasteiger partial charge in [-0.1, -0.05) is 13.8 Å². The van der Waals surface area contributed by atoms with Crippen molar-refractivity contribution >= 4 is 16.3 Å². The number of nitrogens with zero attached hydrogens (tertiary/aromatic N) is 2. The molecule has 1 heterocycles. The fourth-order valence-electron chi connectivity index (χ4n) is 1.66. The normalized spacial score (nSPS) is 10.4.